The van der Waals surface area contributed by atoms with Crippen LogP contribution < -0.4 is 16.0 Å². The van der Waals surface area contributed by atoms with Crippen LogP contribution in [-0.4, -0.2) is 37.6 Å². The Morgan fingerprint density at radius 2 is 1.70 bits per heavy atom. The van der Waals surface area contributed by atoms with Gasteiger partial charge >= 0.3 is 6.03 Å². The van der Waals surface area contributed by atoms with E-state index in [1.807, 2.05) is 19.9 Å². The number of carbonyl (C=O) groups excluding carboxylic acids is 2. The van der Waals surface area contributed by atoms with Gasteiger partial charge in [-0.3, -0.25) is 4.79 Å². The average Bonchev–Trinajstić information content (AvgIpc) is 3.31. The third-order valence-electron chi connectivity index (χ3n) is 4.13. The average molecular weight is 365 g/mol. The quantitative estimate of drug-likeness (QED) is 0.656. The summed E-state index contributed by atoms with van der Waals surface area (Å²) in [5, 5.41) is 12.6. The lowest BCUT2D eigenvalue weighted by molar-refractivity contribution is 0.101. The first-order valence-electron chi connectivity index (χ1n) is 8.68. The SMILES string of the molecule is Cc1cc(C)n2nc(C(=O)Nc3ccc(NC(=O)NC4CC4)cc3)nc2n1. The van der Waals surface area contributed by atoms with Crippen LogP contribution in [0, 0.1) is 13.8 Å². The van der Waals surface area contributed by atoms with E-state index in [0.29, 0.717) is 23.2 Å². The van der Waals surface area contributed by atoms with Crippen molar-refractivity contribution >= 4 is 29.1 Å². The third kappa shape index (κ3) is 3.86. The molecule has 1 aromatic carbocycles. The molecule has 3 N–H and O–H groups in total. The van der Waals surface area contributed by atoms with E-state index in [2.05, 4.69) is 31.0 Å². The Morgan fingerprint density at radius 3 is 2.37 bits per heavy atom. The van der Waals surface area contributed by atoms with E-state index in [4.69, 9.17) is 0 Å². The van der Waals surface area contributed by atoms with Gasteiger partial charge in [-0.1, -0.05) is 0 Å². The molecule has 2 heterocycles. The molecule has 9 nitrogen and oxygen atoms in total. The topological polar surface area (TPSA) is 113 Å². The summed E-state index contributed by atoms with van der Waals surface area (Å²) in [6, 6.07) is 8.78. The third-order valence-corrected chi connectivity index (χ3v) is 4.13. The molecule has 3 aromatic rings. The maximum absolute atomic E-state index is 12.4. The summed E-state index contributed by atoms with van der Waals surface area (Å²) < 4.78 is 1.54. The lowest BCUT2D eigenvalue weighted by Gasteiger charge is -2.08. The molecule has 138 valence electrons. The zero-order valence-electron chi connectivity index (χ0n) is 15.0. The molecule has 2 aromatic heterocycles. The molecule has 3 amide bonds. The fraction of sp³-hybridized carbons (Fsp3) is 0.278. The van der Waals surface area contributed by atoms with E-state index in [0.717, 1.165) is 24.2 Å². The van der Waals surface area contributed by atoms with Gasteiger partial charge in [0.15, 0.2) is 0 Å². The number of carbonyl (C=O) groups is 2. The number of rotatable bonds is 4. The lowest BCUT2D eigenvalue weighted by Crippen LogP contribution is -2.30. The van der Waals surface area contributed by atoms with Gasteiger partial charge in [0, 0.05) is 28.8 Å². The van der Waals surface area contributed by atoms with Crippen LogP contribution >= 0.6 is 0 Å². The van der Waals surface area contributed by atoms with Crippen molar-refractivity contribution in [2.24, 2.45) is 0 Å². The zero-order valence-corrected chi connectivity index (χ0v) is 15.0. The molecular weight excluding hydrogens is 346 g/mol. The Hall–Kier alpha value is -3.49. The minimum atomic E-state index is -0.426. The summed E-state index contributed by atoms with van der Waals surface area (Å²) in [5.74, 6) is 0.00539. The Kier molecular flexibility index (Phi) is 4.19. The number of hydrogen-bond acceptors (Lipinski definition) is 5. The first-order valence-corrected chi connectivity index (χ1v) is 8.68. The normalized spacial score (nSPS) is 13.4. The molecule has 0 saturated heterocycles. The highest BCUT2D eigenvalue weighted by Crippen LogP contribution is 2.19. The number of hydrogen-bond donors (Lipinski definition) is 3. The molecule has 1 fully saturated rings. The van der Waals surface area contributed by atoms with Crippen molar-refractivity contribution in [3.05, 3.63) is 47.5 Å². The van der Waals surface area contributed by atoms with Crippen molar-refractivity contribution in [3.63, 3.8) is 0 Å². The molecule has 27 heavy (non-hydrogen) atoms. The maximum atomic E-state index is 12.4. The van der Waals surface area contributed by atoms with Crippen LogP contribution in [0.1, 0.15) is 34.8 Å². The number of fused-ring (bicyclic) bond motifs is 1. The molecule has 0 atom stereocenters. The van der Waals surface area contributed by atoms with Crippen LogP contribution in [0.4, 0.5) is 16.2 Å². The first-order chi connectivity index (χ1) is 13.0. The number of urea groups is 1. The molecule has 1 saturated carbocycles. The second-order valence-electron chi connectivity index (χ2n) is 6.59. The Morgan fingerprint density at radius 1 is 1.04 bits per heavy atom. The first kappa shape index (κ1) is 17.0. The highest BCUT2D eigenvalue weighted by atomic mass is 16.2. The predicted octanol–water partition coefficient (Wildman–Crippen LogP) is 2.28. The van der Waals surface area contributed by atoms with Crippen molar-refractivity contribution in [1.82, 2.24) is 24.9 Å². The van der Waals surface area contributed by atoms with Gasteiger partial charge in [-0.2, -0.15) is 4.98 Å². The Bertz CT molecular complexity index is 1020. The predicted molar refractivity (Wildman–Crippen MR) is 99.8 cm³/mol. The lowest BCUT2D eigenvalue weighted by atomic mass is 10.3. The van der Waals surface area contributed by atoms with Gasteiger partial charge in [0.05, 0.1) is 0 Å². The Labute approximate surface area is 155 Å². The Balaban J connectivity index is 1.43. The van der Waals surface area contributed by atoms with E-state index in [-0.39, 0.29) is 11.9 Å². The van der Waals surface area contributed by atoms with Gasteiger partial charge in [-0.05, 0) is 57.0 Å². The van der Waals surface area contributed by atoms with Crippen LogP contribution in [0.5, 0.6) is 0 Å². The summed E-state index contributed by atoms with van der Waals surface area (Å²) in [4.78, 5) is 32.6. The van der Waals surface area contributed by atoms with Gasteiger partial charge < -0.3 is 16.0 Å². The largest absolute Gasteiger partial charge is 0.335 e. The van der Waals surface area contributed by atoms with Crippen molar-refractivity contribution in [1.29, 1.82) is 0 Å². The summed E-state index contributed by atoms with van der Waals surface area (Å²) in [6.07, 6.45) is 2.06. The van der Waals surface area contributed by atoms with E-state index in [9.17, 15) is 9.59 Å². The van der Waals surface area contributed by atoms with Gasteiger partial charge in [0.25, 0.3) is 11.7 Å². The molecule has 0 radical (unpaired) electrons. The molecule has 0 bridgehead atoms. The summed E-state index contributed by atoms with van der Waals surface area (Å²) in [7, 11) is 0. The van der Waals surface area contributed by atoms with Crippen molar-refractivity contribution in [2.45, 2.75) is 32.7 Å². The number of nitrogens with zero attached hydrogens (tertiary/aromatic N) is 4. The smallest absolute Gasteiger partial charge is 0.319 e. The van der Waals surface area contributed by atoms with Crippen LogP contribution in [-0.2, 0) is 0 Å². The fourth-order valence-electron chi connectivity index (χ4n) is 2.67. The van der Waals surface area contributed by atoms with Crippen molar-refractivity contribution in [2.75, 3.05) is 10.6 Å². The number of amides is 3. The molecule has 0 spiro atoms. The summed E-state index contributed by atoms with van der Waals surface area (Å²) >= 11 is 0. The van der Waals surface area contributed by atoms with Crippen molar-refractivity contribution in [3.8, 4) is 0 Å². The minimum absolute atomic E-state index is 0.0437. The molecule has 0 aliphatic heterocycles. The number of benzene rings is 1. The van der Waals surface area contributed by atoms with Crippen LogP contribution in [0.25, 0.3) is 5.78 Å². The number of aryl methyl sites for hydroxylation is 2. The highest BCUT2D eigenvalue weighted by molar-refractivity contribution is 6.02. The van der Waals surface area contributed by atoms with Crippen molar-refractivity contribution < 1.29 is 9.59 Å². The monoisotopic (exact) mass is 365 g/mol. The zero-order chi connectivity index (χ0) is 19.0. The van der Waals surface area contributed by atoms with Gasteiger partial charge in [-0.15, -0.1) is 5.10 Å². The van der Waals surface area contributed by atoms with E-state index in [1.54, 1.807) is 24.3 Å². The molecule has 9 heteroatoms. The number of aromatic nitrogens is 4. The highest BCUT2D eigenvalue weighted by Gasteiger charge is 2.23. The van der Waals surface area contributed by atoms with E-state index < -0.39 is 5.91 Å². The van der Waals surface area contributed by atoms with Crippen LogP contribution in [0.2, 0.25) is 0 Å². The molecule has 1 aliphatic rings. The van der Waals surface area contributed by atoms with Crippen LogP contribution in [0.15, 0.2) is 30.3 Å². The second-order valence-corrected chi connectivity index (χ2v) is 6.59. The standard InChI is InChI=1S/C18H19N7O2/c1-10-9-11(2)25-17(19-10)23-15(24-25)16(26)20-12-3-5-13(6-4-12)21-18(27)22-14-7-8-14/h3-6,9,14H,7-8H2,1-2H3,(H,20,26)(H2,21,22,27). The summed E-state index contributed by atoms with van der Waals surface area (Å²) in [5.41, 5.74) is 2.89. The van der Waals surface area contributed by atoms with E-state index >= 15 is 0 Å². The molecule has 4 rings (SSSR count). The van der Waals surface area contributed by atoms with Gasteiger partial charge in [0.1, 0.15) is 0 Å². The van der Waals surface area contributed by atoms with Gasteiger partial charge in [-0.25, -0.2) is 14.3 Å². The molecular formula is C18H19N7O2. The van der Waals surface area contributed by atoms with Gasteiger partial charge in [0.2, 0.25) is 5.82 Å². The summed E-state index contributed by atoms with van der Waals surface area (Å²) in [6.45, 7) is 3.74. The minimum Gasteiger partial charge on any atom is -0.335 e. The van der Waals surface area contributed by atoms with Crippen LogP contribution in [0.3, 0.4) is 0 Å². The maximum Gasteiger partial charge on any atom is 0.319 e. The molecule has 0 unspecified atom stereocenters. The number of anilines is 2. The van der Waals surface area contributed by atoms with E-state index in [1.165, 1.54) is 4.52 Å². The number of nitrogens with one attached hydrogen (secondary N) is 3. The second kappa shape index (κ2) is 6.67. The fourth-order valence-corrected chi connectivity index (χ4v) is 2.67. The molecule has 1 aliphatic carbocycles.